The van der Waals surface area contributed by atoms with E-state index in [0.717, 1.165) is 29.7 Å². The number of nitrogens with one attached hydrogen (secondary N) is 2. The highest BCUT2D eigenvalue weighted by Crippen LogP contribution is 2.28. The Hall–Kier alpha value is -3.71. The van der Waals surface area contributed by atoms with Crippen molar-refractivity contribution < 1.29 is 14.7 Å². The van der Waals surface area contributed by atoms with Crippen LogP contribution in [0.4, 0.5) is 11.4 Å². The van der Waals surface area contributed by atoms with Gasteiger partial charge in [-0.1, -0.05) is 36.4 Å². The van der Waals surface area contributed by atoms with E-state index in [-0.39, 0.29) is 12.1 Å². The first-order valence-corrected chi connectivity index (χ1v) is 10.2. The van der Waals surface area contributed by atoms with Crippen LogP contribution >= 0.6 is 0 Å². The summed E-state index contributed by atoms with van der Waals surface area (Å²) in [6.07, 6.45) is 2.03. The number of hydrogen-bond donors (Lipinski definition) is 4. The molecule has 1 aromatic heterocycles. The number of carboxylic acid groups (broad SMARTS) is 1. The van der Waals surface area contributed by atoms with Crippen LogP contribution in [0.1, 0.15) is 34.5 Å². The molecule has 1 saturated carbocycles. The Morgan fingerprint density at radius 2 is 1.87 bits per heavy atom. The van der Waals surface area contributed by atoms with Gasteiger partial charge in [0.1, 0.15) is 5.69 Å². The van der Waals surface area contributed by atoms with Gasteiger partial charge in [-0.3, -0.25) is 9.59 Å². The molecule has 7 nitrogen and oxygen atoms in total. The topological polar surface area (TPSA) is 117 Å². The molecule has 4 rings (SSSR count). The van der Waals surface area contributed by atoms with Crippen molar-refractivity contribution >= 4 is 23.3 Å². The standard InChI is InChI=1S/C24H24N4O3/c25-14-15-4-3-6-16(10-15)21-12-19(26-18-8-9-18)13-22(27-21)24(31)28-20-7-2-1-5-17(20)11-23(29)30/h1-7,10,12-13,18H,8-9,11,14,25H2,(H,26,27)(H,28,31)(H,29,30). The molecule has 0 aliphatic heterocycles. The number of anilines is 2. The molecule has 0 spiro atoms. The summed E-state index contributed by atoms with van der Waals surface area (Å²) in [5, 5.41) is 15.4. The van der Waals surface area contributed by atoms with Crippen LogP contribution < -0.4 is 16.4 Å². The fourth-order valence-electron chi connectivity index (χ4n) is 3.34. The molecule has 1 fully saturated rings. The van der Waals surface area contributed by atoms with Crippen molar-refractivity contribution in [2.24, 2.45) is 5.73 Å². The number of rotatable bonds is 8. The minimum Gasteiger partial charge on any atom is -0.481 e. The maximum absolute atomic E-state index is 13.0. The smallest absolute Gasteiger partial charge is 0.307 e. The first-order valence-electron chi connectivity index (χ1n) is 10.2. The van der Waals surface area contributed by atoms with E-state index in [1.807, 2.05) is 30.3 Å². The number of para-hydroxylation sites is 1. The van der Waals surface area contributed by atoms with Gasteiger partial charge in [-0.25, -0.2) is 4.98 Å². The number of carbonyl (C=O) groups is 2. The van der Waals surface area contributed by atoms with Crippen molar-refractivity contribution in [2.75, 3.05) is 10.6 Å². The average molecular weight is 416 g/mol. The molecule has 0 bridgehead atoms. The molecule has 3 aromatic rings. The molecule has 1 aliphatic carbocycles. The van der Waals surface area contributed by atoms with Crippen molar-refractivity contribution in [2.45, 2.75) is 31.8 Å². The second-order valence-corrected chi connectivity index (χ2v) is 7.63. The van der Waals surface area contributed by atoms with Crippen molar-refractivity contribution in [3.63, 3.8) is 0 Å². The average Bonchev–Trinajstić information content (AvgIpc) is 3.58. The monoisotopic (exact) mass is 416 g/mol. The summed E-state index contributed by atoms with van der Waals surface area (Å²) < 4.78 is 0. The van der Waals surface area contributed by atoms with Gasteiger partial charge in [0.15, 0.2) is 0 Å². The lowest BCUT2D eigenvalue weighted by molar-refractivity contribution is -0.136. The van der Waals surface area contributed by atoms with Crippen LogP contribution in [0.2, 0.25) is 0 Å². The minimum atomic E-state index is -0.961. The normalized spacial score (nSPS) is 12.9. The van der Waals surface area contributed by atoms with E-state index in [2.05, 4.69) is 15.6 Å². The van der Waals surface area contributed by atoms with Crippen LogP contribution in [0.5, 0.6) is 0 Å². The first kappa shape index (κ1) is 20.6. The van der Waals surface area contributed by atoms with E-state index in [0.29, 0.717) is 29.5 Å². The van der Waals surface area contributed by atoms with Gasteiger partial charge in [0.2, 0.25) is 0 Å². The molecule has 0 saturated heterocycles. The number of aromatic nitrogens is 1. The molecule has 1 amide bonds. The number of nitrogens with zero attached hydrogens (tertiary/aromatic N) is 1. The molecule has 0 atom stereocenters. The van der Waals surface area contributed by atoms with E-state index in [9.17, 15) is 9.59 Å². The molecule has 2 aromatic carbocycles. The number of aliphatic carboxylic acids is 1. The third-order valence-corrected chi connectivity index (χ3v) is 5.07. The van der Waals surface area contributed by atoms with E-state index < -0.39 is 11.9 Å². The number of hydrogen-bond acceptors (Lipinski definition) is 5. The first-order chi connectivity index (χ1) is 15.0. The molecule has 7 heteroatoms. The second kappa shape index (κ2) is 8.97. The van der Waals surface area contributed by atoms with Gasteiger partial charge in [0.05, 0.1) is 12.1 Å². The Bertz CT molecular complexity index is 1130. The Kier molecular flexibility index (Phi) is 5.95. The third-order valence-electron chi connectivity index (χ3n) is 5.07. The Balaban J connectivity index is 1.67. The van der Waals surface area contributed by atoms with Gasteiger partial charge in [-0.15, -0.1) is 0 Å². The summed E-state index contributed by atoms with van der Waals surface area (Å²) >= 11 is 0. The maximum atomic E-state index is 13.0. The number of carboxylic acids is 1. The molecule has 5 N–H and O–H groups in total. The van der Waals surface area contributed by atoms with Gasteiger partial charge < -0.3 is 21.5 Å². The molecule has 0 unspecified atom stereocenters. The van der Waals surface area contributed by atoms with Crippen LogP contribution in [0.3, 0.4) is 0 Å². The maximum Gasteiger partial charge on any atom is 0.307 e. The zero-order chi connectivity index (χ0) is 21.8. The summed E-state index contributed by atoms with van der Waals surface area (Å²) in [6.45, 7) is 0.418. The van der Waals surface area contributed by atoms with Crippen molar-refractivity contribution in [1.82, 2.24) is 4.98 Å². The fraction of sp³-hybridized carbons (Fsp3) is 0.208. The molecule has 158 valence electrons. The molecular formula is C24H24N4O3. The lowest BCUT2D eigenvalue weighted by Gasteiger charge is -2.13. The van der Waals surface area contributed by atoms with Gasteiger partial charge in [-0.2, -0.15) is 0 Å². The number of carbonyl (C=O) groups excluding carboxylic acids is 1. The SMILES string of the molecule is NCc1cccc(-c2cc(NC3CC3)cc(C(=O)Nc3ccccc3CC(=O)O)n2)c1. The van der Waals surface area contributed by atoms with Crippen molar-refractivity contribution in [3.8, 4) is 11.3 Å². The highest BCUT2D eigenvalue weighted by Gasteiger charge is 2.22. The van der Waals surface area contributed by atoms with Crippen molar-refractivity contribution in [3.05, 3.63) is 77.5 Å². The number of amides is 1. The molecule has 31 heavy (non-hydrogen) atoms. The van der Waals surface area contributed by atoms with Crippen LogP contribution in [0.25, 0.3) is 11.3 Å². The highest BCUT2D eigenvalue weighted by atomic mass is 16.4. The number of pyridine rings is 1. The van der Waals surface area contributed by atoms with Gasteiger partial charge in [-0.05, 0) is 48.2 Å². The van der Waals surface area contributed by atoms with Gasteiger partial charge in [0, 0.05) is 29.5 Å². The minimum absolute atomic E-state index is 0.176. The predicted molar refractivity (Wildman–Crippen MR) is 120 cm³/mol. The van der Waals surface area contributed by atoms with Crippen molar-refractivity contribution in [1.29, 1.82) is 0 Å². The number of nitrogens with two attached hydrogens (primary N) is 1. The Labute approximate surface area is 180 Å². The van der Waals surface area contributed by atoms with Crippen LogP contribution in [-0.4, -0.2) is 28.0 Å². The molecule has 0 radical (unpaired) electrons. The predicted octanol–water partition coefficient (Wildman–Crippen LogP) is 3.66. The lowest BCUT2D eigenvalue weighted by atomic mass is 10.1. The van der Waals surface area contributed by atoms with Gasteiger partial charge in [0.25, 0.3) is 5.91 Å². The summed E-state index contributed by atoms with van der Waals surface area (Å²) in [5.74, 6) is -1.36. The van der Waals surface area contributed by atoms with Crippen LogP contribution in [0, 0.1) is 0 Å². The van der Waals surface area contributed by atoms with Crippen LogP contribution in [0.15, 0.2) is 60.7 Å². The third kappa shape index (κ3) is 5.26. The zero-order valence-corrected chi connectivity index (χ0v) is 17.0. The second-order valence-electron chi connectivity index (χ2n) is 7.63. The van der Waals surface area contributed by atoms with E-state index in [1.165, 1.54) is 0 Å². The fourth-order valence-corrected chi connectivity index (χ4v) is 3.34. The summed E-state index contributed by atoms with van der Waals surface area (Å²) in [6, 6.07) is 18.7. The molecular weight excluding hydrogens is 392 g/mol. The largest absolute Gasteiger partial charge is 0.481 e. The van der Waals surface area contributed by atoms with Crippen LogP contribution in [-0.2, 0) is 17.8 Å². The van der Waals surface area contributed by atoms with Gasteiger partial charge >= 0.3 is 5.97 Å². The number of benzene rings is 2. The highest BCUT2D eigenvalue weighted by molar-refractivity contribution is 6.04. The molecule has 1 aliphatic rings. The summed E-state index contributed by atoms with van der Waals surface area (Å²) in [7, 11) is 0. The summed E-state index contributed by atoms with van der Waals surface area (Å²) in [4.78, 5) is 28.8. The van der Waals surface area contributed by atoms with E-state index in [4.69, 9.17) is 10.8 Å². The lowest BCUT2D eigenvalue weighted by Crippen LogP contribution is -2.17. The molecule has 1 heterocycles. The zero-order valence-electron chi connectivity index (χ0n) is 17.0. The Morgan fingerprint density at radius 3 is 2.61 bits per heavy atom. The van der Waals surface area contributed by atoms with E-state index >= 15 is 0 Å². The Morgan fingerprint density at radius 1 is 1.06 bits per heavy atom. The van der Waals surface area contributed by atoms with E-state index in [1.54, 1.807) is 30.3 Å². The summed E-state index contributed by atoms with van der Waals surface area (Å²) in [5.41, 5.74) is 10.4. The quantitative estimate of drug-likeness (QED) is 0.445.